The maximum Gasteiger partial charge on any atom is 0.262 e. The zero-order chi connectivity index (χ0) is 40.4. The van der Waals surface area contributed by atoms with Crippen molar-refractivity contribution < 1.29 is 23.6 Å². The van der Waals surface area contributed by atoms with Crippen molar-refractivity contribution in [1.82, 2.24) is 34.9 Å². The molecule has 1 unspecified atom stereocenters. The molecule has 0 spiro atoms. The lowest BCUT2D eigenvalue weighted by atomic mass is 9.93. The molecule has 3 aromatic carbocycles. The van der Waals surface area contributed by atoms with E-state index in [0.717, 1.165) is 56.8 Å². The summed E-state index contributed by atoms with van der Waals surface area (Å²) in [4.78, 5) is 66.0. The van der Waals surface area contributed by atoms with Gasteiger partial charge in [-0.05, 0) is 86.1 Å². The van der Waals surface area contributed by atoms with Crippen molar-refractivity contribution in [3.05, 3.63) is 93.9 Å². The standard InChI is InChI=1S/C42H41FN10O4S/c1-22-5-4-6-23(2)35(22)47-36-30-20-44-42(48-37(30)50(3)49-36)45-27-8-7-24-11-16-52(21-26(24)17-27)41(58)25-12-14-51(15-13-25)33-19-29-28(18-31(33)43)39(56)53(40(29)57)32-9-10-34(54)46-38(32)55/h4-8,17-20,25,32H,9-16,21H2,1-3H3,(H,47,49)(H,44,45,48)(H,46,54,55). The van der Waals surface area contributed by atoms with E-state index in [1.807, 2.05) is 24.1 Å². The summed E-state index contributed by atoms with van der Waals surface area (Å²) in [7, 11) is 1.87. The molecule has 296 valence electrons. The van der Waals surface area contributed by atoms with Gasteiger partial charge in [0.05, 0.1) is 27.2 Å². The van der Waals surface area contributed by atoms with E-state index in [2.05, 4.69) is 63.9 Å². The molecule has 4 aliphatic rings. The number of aromatic nitrogens is 4. The molecule has 6 heterocycles. The summed E-state index contributed by atoms with van der Waals surface area (Å²) in [6.07, 6.45) is 4.08. The van der Waals surface area contributed by atoms with Crippen LogP contribution >= 0.6 is 12.2 Å². The van der Waals surface area contributed by atoms with Gasteiger partial charge in [0.25, 0.3) is 11.8 Å². The number of hydrogen-bond donors (Lipinski definition) is 3. The molecule has 2 saturated heterocycles. The lowest BCUT2D eigenvalue weighted by molar-refractivity contribution is -0.136. The fraction of sp³-hybridized carbons (Fsp3) is 0.333. The van der Waals surface area contributed by atoms with Crippen molar-refractivity contribution in [1.29, 1.82) is 0 Å². The number of fused-ring (bicyclic) bond motifs is 3. The molecule has 58 heavy (non-hydrogen) atoms. The highest BCUT2D eigenvalue weighted by molar-refractivity contribution is 7.80. The van der Waals surface area contributed by atoms with Gasteiger partial charge in [-0.25, -0.2) is 14.1 Å². The number of imide groups is 2. The van der Waals surface area contributed by atoms with Crippen LogP contribution in [0.5, 0.6) is 0 Å². The Morgan fingerprint density at radius 1 is 0.897 bits per heavy atom. The summed E-state index contributed by atoms with van der Waals surface area (Å²) in [5.74, 6) is -1.88. The summed E-state index contributed by atoms with van der Waals surface area (Å²) < 4.78 is 17.3. The first-order valence-electron chi connectivity index (χ1n) is 19.4. The van der Waals surface area contributed by atoms with Gasteiger partial charge in [0.2, 0.25) is 17.8 Å². The number of halogens is 1. The van der Waals surface area contributed by atoms with Gasteiger partial charge < -0.3 is 20.4 Å². The third-order valence-corrected chi connectivity index (χ3v) is 12.4. The number of nitrogens with one attached hydrogen (secondary N) is 3. The number of aryl methyl sites for hydroxylation is 3. The van der Waals surface area contributed by atoms with Crippen molar-refractivity contribution in [3.63, 3.8) is 0 Å². The highest BCUT2D eigenvalue weighted by Crippen LogP contribution is 2.36. The molecule has 4 aliphatic heterocycles. The number of piperidine rings is 2. The molecule has 4 amide bonds. The molecule has 16 heteroatoms. The maximum atomic E-state index is 15.6. The van der Waals surface area contributed by atoms with Crippen LogP contribution in [0.4, 0.5) is 33.2 Å². The summed E-state index contributed by atoms with van der Waals surface area (Å²) in [6, 6.07) is 13.9. The van der Waals surface area contributed by atoms with Crippen molar-refractivity contribution in [3.8, 4) is 0 Å². The smallest absolute Gasteiger partial charge is 0.262 e. The van der Waals surface area contributed by atoms with Crippen LogP contribution in [0.3, 0.4) is 0 Å². The SMILES string of the molecule is Cc1cccc(C)c1Nc1nn(C)c2nc(Nc3ccc4c(c3)CN(C(=S)C3CCN(c5cc6c(cc5F)C(=O)N(C5CCC(=O)NC5=O)C6=O)CC3)CC4)ncc12. The number of hydrogen-bond acceptors (Lipinski definition) is 11. The molecule has 0 aliphatic carbocycles. The fourth-order valence-electron chi connectivity index (χ4n) is 8.62. The van der Waals surface area contributed by atoms with E-state index in [4.69, 9.17) is 22.3 Å². The second kappa shape index (κ2) is 14.6. The summed E-state index contributed by atoms with van der Waals surface area (Å²) in [6.45, 7) is 6.63. The van der Waals surface area contributed by atoms with Crippen LogP contribution in [0.1, 0.15) is 68.7 Å². The lowest BCUT2D eigenvalue weighted by Crippen LogP contribution is -2.54. The Morgan fingerprint density at radius 3 is 2.38 bits per heavy atom. The van der Waals surface area contributed by atoms with Gasteiger partial charge in [0.15, 0.2) is 11.5 Å². The molecule has 3 N–H and O–H groups in total. The van der Waals surface area contributed by atoms with E-state index in [9.17, 15) is 19.2 Å². The third-order valence-electron chi connectivity index (χ3n) is 11.8. The van der Waals surface area contributed by atoms with E-state index in [1.54, 1.807) is 10.9 Å². The lowest BCUT2D eigenvalue weighted by Gasteiger charge is -2.39. The van der Waals surface area contributed by atoms with Gasteiger partial charge in [-0.2, -0.15) is 10.1 Å². The second-order valence-corrected chi connectivity index (χ2v) is 15.9. The second-order valence-electron chi connectivity index (χ2n) is 15.5. The Balaban J connectivity index is 0.839. The van der Waals surface area contributed by atoms with Crippen LogP contribution in [-0.4, -0.2) is 83.8 Å². The molecule has 2 aromatic heterocycles. The van der Waals surface area contributed by atoms with Crippen molar-refractivity contribution in [2.75, 3.05) is 35.2 Å². The van der Waals surface area contributed by atoms with E-state index in [1.165, 1.54) is 17.2 Å². The van der Waals surface area contributed by atoms with E-state index in [-0.39, 0.29) is 35.6 Å². The van der Waals surface area contributed by atoms with Gasteiger partial charge in [-0.3, -0.25) is 29.4 Å². The Kier molecular flexibility index (Phi) is 9.37. The van der Waals surface area contributed by atoms with Crippen LogP contribution in [-0.2, 0) is 29.6 Å². The van der Waals surface area contributed by atoms with Gasteiger partial charge >= 0.3 is 0 Å². The predicted molar refractivity (Wildman–Crippen MR) is 220 cm³/mol. The minimum Gasteiger partial charge on any atom is -0.369 e. The Bertz CT molecular complexity index is 2560. The number of anilines is 5. The zero-order valence-electron chi connectivity index (χ0n) is 32.3. The number of nitrogens with zero attached hydrogens (tertiary/aromatic N) is 7. The molecule has 1 atom stereocenters. The normalized spacial score (nSPS) is 18.4. The molecule has 14 nitrogen and oxygen atoms in total. The quantitative estimate of drug-likeness (QED) is 0.138. The number of para-hydroxylation sites is 1. The number of carbonyl (C=O) groups is 4. The van der Waals surface area contributed by atoms with Crippen LogP contribution in [0, 0.1) is 25.6 Å². The number of thiocarbonyl (C=S) groups is 1. The first-order chi connectivity index (χ1) is 27.9. The van der Waals surface area contributed by atoms with Crippen molar-refractivity contribution >= 4 is 80.7 Å². The van der Waals surface area contributed by atoms with Crippen LogP contribution in [0.25, 0.3) is 11.0 Å². The number of benzene rings is 3. The van der Waals surface area contributed by atoms with Crippen LogP contribution < -0.4 is 20.9 Å². The monoisotopic (exact) mass is 800 g/mol. The predicted octanol–water partition coefficient (Wildman–Crippen LogP) is 5.61. The van der Waals surface area contributed by atoms with Crippen LogP contribution in [0.15, 0.2) is 54.7 Å². The number of rotatable bonds is 7. The Labute approximate surface area is 338 Å². The van der Waals surface area contributed by atoms with E-state index < -0.39 is 35.5 Å². The third kappa shape index (κ3) is 6.60. The average molecular weight is 801 g/mol. The number of amides is 4. The minimum atomic E-state index is -1.11. The van der Waals surface area contributed by atoms with Gasteiger partial charge in [-0.1, -0.05) is 36.5 Å². The highest BCUT2D eigenvalue weighted by Gasteiger charge is 2.45. The molecule has 9 rings (SSSR count). The summed E-state index contributed by atoms with van der Waals surface area (Å²) >= 11 is 6.08. The summed E-state index contributed by atoms with van der Waals surface area (Å²) in [5, 5.41) is 14.6. The van der Waals surface area contributed by atoms with Gasteiger partial charge in [0.1, 0.15) is 11.9 Å². The maximum absolute atomic E-state index is 15.6. The van der Waals surface area contributed by atoms with E-state index in [0.29, 0.717) is 49.9 Å². The minimum absolute atomic E-state index is 0.0111. The molecule has 0 radical (unpaired) electrons. The summed E-state index contributed by atoms with van der Waals surface area (Å²) in [5.41, 5.74) is 7.49. The molecular weight excluding hydrogens is 760 g/mol. The molecule has 5 aromatic rings. The molecular formula is C42H41FN10O4S. The van der Waals surface area contributed by atoms with Gasteiger partial charge in [0, 0.05) is 63.1 Å². The molecule has 2 fully saturated rings. The van der Waals surface area contributed by atoms with Crippen molar-refractivity contribution in [2.24, 2.45) is 13.0 Å². The zero-order valence-corrected chi connectivity index (χ0v) is 33.1. The number of carbonyl (C=O) groups excluding carboxylic acids is 4. The molecule has 0 bridgehead atoms. The van der Waals surface area contributed by atoms with Crippen molar-refractivity contribution in [2.45, 2.75) is 58.5 Å². The highest BCUT2D eigenvalue weighted by atomic mass is 32.1. The first kappa shape index (κ1) is 37.3. The first-order valence-corrected chi connectivity index (χ1v) is 19.8. The average Bonchev–Trinajstić information content (AvgIpc) is 3.65. The molecule has 0 saturated carbocycles. The largest absolute Gasteiger partial charge is 0.369 e. The van der Waals surface area contributed by atoms with Gasteiger partial charge in [-0.15, -0.1) is 0 Å². The Morgan fingerprint density at radius 2 is 1.64 bits per heavy atom. The van der Waals surface area contributed by atoms with E-state index >= 15 is 4.39 Å². The Hall–Kier alpha value is -6.29. The topological polar surface area (TPSA) is 158 Å². The van der Waals surface area contributed by atoms with Crippen LogP contribution in [0.2, 0.25) is 0 Å². The fourth-order valence-corrected chi connectivity index (χ4v) is 9.01.